The fourth-order valence-electron chi connectivity index (χ4n) is 2.67. The van der Waals surface area contributed by atoms with Crippen molar-refractivity contribution in [3.8, 4) is 0 Å². The first-order chi connectivity index (χ1) is 8.74. The highest BCUT2D eigenvalue weighted by atomic mass is 35.5. The first-order valence-electron chi connectivity index (χ1n) is 6.49. The van der Waals surface area contributed by atoms with Crippen LogP contribution >= 0.6 is 24.0 Å². The van der Waals surface area contributed by atoms with E-state index in [1.165, 1.54) is 0 Å². The van der Waals surface area contributed by atoms with Crippen LogP contribution in [0.4, 0.5) is 4.39 Å². The molecule has 1 aliphatic heterocycles. The number of hydrogen-bond donors (Lipinski definition) is 1. The average molecular weight is 307 g/mol. The molecule has 0 aromatic heterocycles. The second-order valence-corrected chi connectivity index (χ2v) is 5.16. The number of nitrogens with zero attached hydrogens (tertiary/aromatic N) is 1. The molecule has 0 amide bonds. The van der Waals surface area contributed by atoms with Gasteiger partial charge < -0.3 is 5.32 Å². The second-order valence-electron chi connectivity index (χ2n) is 4.75. The molecule has 2 rings (SSSR count). The zero-order valence-electron chi connectivity index (χ0n) is 11.2. The molecule has 1 aliphatic rings. The van der Waals surface area contributed by atoms with Crippen LogP contribution in [0.25, 0.3) is 0 Å². The third kappa shape index (κ3) is 4.06. The fourth-order valence-corrected chi connectivity index (χ4v) is 3.02. The summed E-state index contributed by atoms with van der Waals surface area (Å²) in [5.74, 6) is 0. The van der Waals surface area contributed by atoms with Gasteiger partial charge in [-0.2, -0.15) is 0 Å². The number of hydrogen-bond acceptors (Lipinski definition) is 2. The second kappa shape index (κ2) is 8.05. The van der Waals surface area contributed by atoms with Crippen molar-refractivity contribution in [1.82, 2.24) is 10.2 Å². The largest absolute Gasteiger partial charge is 0.314 e. The molecule has 0 saturated carbocycles. The van der Waals surface area contributed by atoms with E-state index in [9.17, 15) is 4.39 Å². The van der Waals surface area contributed by atoms with E-state index in [2.05, 4.69) is 23.2 Å². The normalized spacial score (nSPS) is 17.8. The van der Waals surface area contributed by atoms with Gasteiger partial charge in [-0.25, -0.2) is 0 Å². The molecule has 0 spiro atoms. The minimum absolute atomic E-state index is 0. The summed E-state index contributed by atoms with van der Waals surface area (Å²) in [7, 11) is 0. The topological polar surface area (TPSA) is 15.3 Å². The molecule has 0 aliphatic carbocycles. The van der Waals surface area contributed by atoms with E-state index >= 15 is 0 Å². The summed E-state index contributed by atoms with van der Waals surface area (Å²) >= 11 is 6.31. The molecule has 0 unspecified atom stereocenters. The maximum absolute atomic E-state index is 12.9. The van der Waals surface area contributed by atoms with Gasteiger partial charge in [0.15, 0.2) is 0 Å². The third-order valence-corrected chi connectivity index (χ3v) is 3.91. The Morgan fingerprint density at radius 2 is 2.05 bits per heavy atom. The van der Waals surface area contributed by atoms with E-state index < -0.39 is 0 Å². The zero-order chi connectivity index (χ0) is 13.0. The molecule has 1 saturated heterocycles. The molecule has 19 heavy (non-hydrogen) atoms. The van der Waals surface area contributed by atoms with Crippen LogP contribution in [-0.4, -0.2) is 37.8 Å². The molecular formula is C14H21Cl2FN2. The van der Waals surface area contributed by atoms with Crippen molar-refractivity contribution in [3.63, 3.8) is 0 Å². The van der Waals surface area contributed by atoms with Gasteiger partial charge in [0.1, 0.15) is 0 Å². The van der Waals surface area contributed by atoms with Crippen LogP contribution in [0.5, 0.6) is 0 Å². The van der Waals surface area contributed by atoms with Gasteiger partial charge in [-0.3, -0.25) is 9.29 Å². The molecule has 2 nitrogen and oxygen atoms in total. The van der Waals surface area contributed by atoms with Crippen molar-refractivity contribution < 1.29 is 4.39 Å². The molecule has 0 bridgehead atoms. The lowest BCUT2D eigenvalue weighted by atomic mass is 9.97. The van der Waals surface area contributed by atoms with Gasteiger partial charge in [-0.05, 0) is 30.5 Å². The Morgan fingerprint density at radius 3 is 2.63 bits per heavy atom. The third-order valence-electron chi connectivity index (χ3n) is 3.58. The predicted octanol–water partition coefficient (Wildman–Crippen LogP) is 3.38. The van der Waals surface area contributed by atoms with E-state index in [-0.39, 0.29) is 25.1 Å². The van der Waals surface area contributed by atoms with Crippen LogP contribution < -0.4 is 5.32 Å². The van der Waals surface area contributed by atoms with Crippen molar-refractivity contribution >= 4 is 24.0 Å². The number of alkyl halides is 1. The molecular weight excluding hydrogens is 286 g/mol. The zero-order valence-corrected chi connectivity index (χ0v) is 12.7. The van der Waals surface area contributed by atoms with Gasteiger partial charge in [0, 0.05) is 37.2 Å². The van der Waals surface area contributed by atoms with Gasteiger partial charge in [-0.1, -0.05) is 23.7 Å². The monoisotopic (exact) mass is 306 g/mol. The highest BCUT2D eigenvalue weighted by molar-refractivity contribution is 6.31. The maximum atomic E-state index is 12.9. The lowest BCUT2D eigenvalue weighted by Gasteiger charge is -2.36. The van der Waals surface area contributed by atoms with Crippen LogP contribution in [0.15, 0.2) is 18.2 Å². The molecule has 5 heteroatoms. The minimum atomic E-state index is -0.306. The first kappa shape index (κ1) is 16.7. The molecule has 1 heterocycles. The summed E-state index contributed by atoms with van der Waals surface area (Å²) in [5.41, 5.74) is 2.25. The standard InChI is InChI=1S/C14H20ClFN2.ClH/c1-11-3-2-4-12(15)14(11)13(5-6-16)18-9-7-17-8-10-18;/h2-4,13,17H,5-10H2,1H3;1H/t13-;/m1./s1. The Balaban J connectivity index is 0.00000180. The molecule has 0 radical (unpaired) electrons. The van der Waals surface area contributed by atoms with E-state index in [1.807, 2.05) is 12.1 Å². The molecule has 1 fully saturated rings. The average Bonchev–Trinajstić information content (AvgIpc) is 2.38. The van der Waals surface area contributed by atoms with Gasteiger partial charge in [0.25, 0.3) is 0 Å². The number of rotatable bonds is 4. The molecule has 1 aromatic carbocycles. The molecule has 1 atom stereocenters. The summed E-state index contributed by atoms with van der Waals surface area (Å²) in [4.78, 5) is 2.34. The summed E-state index contributed by atoms with van der Waals surface area (Å²) in [6.45, 7) is 5.58. The van der Waals surface area contributed by atoms with Crippen molar-refractivity contribution in [2.24, 2.45) is 0 Å². The summed E-state index contributed by atoms with van der Waals surface area (Å²) in [6.07, 6.45) is 0.518. The van der Waals surface area contributed by atoms with Crippen LogP contribution in [-0.2, 0) is 0 Å². The summed E-state index contributed by atoms with van der Waals surface area (Å²) < 4.78 is 12.9. The predicted molar refractivity (Wildman–Crippen MR) is 81.2 cm³/mol. The van der Waals surface area contributed by atoms with Crippen molar-refractivity contribution in [2.75, 3.05) is 32.9 Å². The highest BCUT2D eigenvalue weighted by Crippen LogP contribution is 2.33. The Labute approximate surface area is 125 Å². The first-order valence-corrected chi connectivity index (χ1v) is 6.87. The van der Waals surface area contributed by atoms with Crippen molar-refractivity contribution in [1.29, 1.82) is 0 Å². The number of nitrogens with one attached hydrogen (secondary N) is 1. The smallest absolute Gasteiger partial charge is 0.0912 e. The Bertz CT molecular complexity index is 375. The van der Waals surface area contributed by atoms with Gasteiger partial charge in [-0.15, -0.1) is 12.4 Å². The molecule has 1 aromatic rings. The Hall–Kier alpha value is -0.350. The number of aryl methyl sites for hydroxylation is 1. The van der Waals surface area contributed by atoms with Crippen molar-refractivity contribution in [3.05, 3.63) is 34.3 Å². The minimum Gasteiger partial charge on any atom is -0.314 e. The number of halogens is 3. The van der Waals surface area contributed by atoms with E-state index in [4.69, 9.17) is 11.6 Å². The van der Waals surface area contributed by atoms with Crippen LogP contribution in [0.3, 0.4) is 0 Å². The van der Waals surface area contributed by atoms with Gasteiger partial charge >= 0.3 is 0 Å². The van der Waals surface area contributed by atoms with Gasteiger partial charge in [0.2, 0.25) is 0 Å². The Morgan fingerprint density at radius 1 is 1.37 bits per heavy atom. The van der Waals surface area contributed by atoms with Crippen LogP contribution in [0, 0.1) is 6.92 Å². The van der Waals surface area contributed by atoms with Crippen molar-refractivity contribution in [2.45, 2.75) is 19.4 Å². The number of piperazine rings is 1. The number of benzene rings is 1. The fraction of sp³-hybridized carbons (Fsp3) is 0.571. The highest BCUT2D eigenvalue weighted by Gasteiger charge is 2.24. The summed E-state index contributed by atoms with van der Waals surface area (Å²) in [5, 5.41) is 4.08. The van der Waals surface area contributed by atoms with E-state index in [1.54, 1.807) is 0 Å². The molecule has 108 valence electrons. The molecule has 1 N–H and O–H groups in total. The quantitative estimate of drug-likeness (QED) is 0.917. The van der Waals surface area contributed by atoms with E-state index in [0.29, 0.717) is 6.42 Å². The van der Waals surface area contributed by atoms with Crippen LogP contribution in [0.2, 0.25) is 5.02 Å². The maximum Gasteiger partial charge on any atom is 0.0912 e. The lowest BCUT2D eigenvalue weighted by molar-refractivity contribution is 0.157. The van der Waals surface area contributed by atoms with E-state index in [0.717, 1.165) is 42.3 Å². The SMILES string of the molecule is Cc1cccc(Cl)c1[C@@H](CCF)N1CCNCC1.Cl. The lowest BCUT2D eigenvalue weighted by Crippen LogP contribution is -2.45. The summed E-state index contributed by atoms with van der Waals surface area (Å²) in [6, 6.07) is 6.00. The van der Waals surface area contributed by atoms with Crippen LogP contribution in [0.1, 0.15) is 23.6 Å². The van der Waals surface area contributed by atoms with Gasteiger partial charge in [0.05, 0.1) is 6.67 Å². The Kier molecular flexibility index (Phi) is 7.08.